The lowest BCUT2D eigenvalue weighted by molar-refractivity contribution is -0.118. The normalized spacial score (nSPS) is 12.0. The highest BCUT2D eigenvalue weighted by Gasteiger charge is 2.19. The van der Waals surface area contributed by atoms with E-state index in [9.17, 15) is 9.59 Å². The monoisotopic (exact) mass is 374 g/mol. The van der Waals surface area contributed by atoms with Crippen molar-refractivity contribution in [3.05, 3.63) is 35.4 Å². The second kappa shape index (κ2) is 14.2. The summed E-state index contributed by atoms with van der Waals surface area (Å²) in [5, 5.41) is 0. The van der Waals surface area contributed by atoms with Crippen LogP contribution >= 0.6 is 0 Å². The Balaban J connectivity index is 2.32. The van der Waals surface area contributed by atoms with Gasteiger partial charge < -0.3 is 11.5 Å². The summed E-state index contributed by atoms with van der Waals surface area (Å²) in [7, 11) is 0. The zero-order chi connectivity index (χ0) is 19.9. The van der Waals surface area contributed by atoms with Crippen molar-refractivity contribution in [3.63, 3.8) is 0 Å². The van der Waals surface area contributed by atoms with E-state index >= 15 is 0 Å². The van der Waals surface area contributed by atoms with E-state index in [1.54, 1.807) is 12.1 Å². The quantitative estimate of drug-likeness (QED) is 0.377. The van der Waals surface area contributed by atoms with Gasteiger partial charge in [0.2, 0.25) is 11.8 Å². The molecule has 1 atom stereocenters. The maximum absolute atomic E-state index is 11.7. The topological polar surface area (TPSA) is 86.2 Å². The summed E-state index contributed by atoms with van der Waals surface area (Å²) in [4.78, 5) is 23.1. The van der Waals surface area contributed by atoms with Crippen LogP contribution in [0, 0.1) is 0 Å². The molecule has 4 heteroatoms. The van der Waals surface area contributed by atoms with Gasteiger partial charge in [0.15, 0.2) is 0 Å². The molecule has 1 rings (SSSR count). The summed E-state index contributed by atoms with van der Waals surface area (Å²) in [6, 6.07) is 7.31. The summed E-state index contributed by atoms with van der Waals surface area (Å²) in [6.07, 6.45) is 15.3. The fraction of sp³-hybridized carbons (Fsp3) is 0.652. The molecule has 0 heterocycles. The molecule has 0 bridgehead atoms. The number of carbonyl (C=O) groups excluding carboxylic acids is 2. The van der Waals surface area contributed by atoms with Crippen LogP contribution in [0.15, 0.2) is 24.3 Å². The van der Waals surface area contributed by atoms with E-state index in [-0.39, 0.29) is 18.2 Å². The summed E-state index contributed by atoms with van der Waals surface area (Å²) >= 11 is 0. The lowest BCUT2D eigenvalue weighted by atomic mass is 9.86. The molecule has 152 valence electrons. The van der Waals surface area contributed by atoms with Gasteiger partial charge in [-0.3, -0.25) is 9.59 Å². The SMILES string of the molecule is CCCCCCCCCCCCCC(CC(N)=O)c1ccccc1C(N)=O. The minimum atomic E-state index is -0.445. The third kappa shape index (κ3) is 10.2. The van der Waals surface area contributed by atoms with Crippen molar-refractivity contribution < 1.29 is 9.59 Å². The number of benzene rings is 1. The van der Waals surface area contributed by atoms with Gasteiger partial charge >= 0.3 is 0 Å². The van der Waals surface area contributed by atoms with Crippen molar-refractivity contribution in [2.75, 3.05) is 0 Å². The first-order valence-electron chi connectivity index (χ1n) is 10.7. The van der Waals surface area contributed by atoms with Crippen molar-refractivity contribution in [1.82, 2.24) is 0 Å². The largest absolute Gasteiger partial charge is 0.370 e. The van der Waals surface area contributed by atoms with Gasteiger partial charge in [-0.1, -0.05) is 95.8 Å². The Morgan fingerprint density at radius 1 is 0.815 bits per heavy atom. The summed E-state index contributed by atoms with van der Waals surface area (Å²) in [5.41, 5.74) is 12.3. The number of hydrogen-bond donors (Lipinski definition) is 2. The molecular weight excluding hydrogens is 336 g/mol. The van der Waals surface area contributed by atoms with Gasteiger partial charge in [0.1, 0.15) is 0 Å². The molecule has 27 heavy (non-hydrogen) atoms. The number of amides is 2. The fourth-order valence-electron chi connectivity index (χ4n) is 3.74. The van der Waals surface area contributed by atoms with E-state index < -0.39 is 5.91 Å². The molecule has 4 nitrogen and oxygen atoms in total. The fourth-order valence-corrected chi connectivity index (χ4v) is 3.74. The Bertz CT molecular complexity index is 557. The molecular formula is C23H38N2O2. The van der Waals surface area contributed by atoms with Crippen molar-refractivity contribution >= 4 is 11.8 Å². The number of rotatable bonds is 16. The van der Waals surface area contributed by atoms with E-state index in [4.69, 9.17) is 11.5 Å². The molecule has 0 saturated heterocycles. The predicted octanol–water partition coefficient (Wildman–Crippen LogP) is 5.45. The van der Waals surface area contributed by atoms with Crippen LogP contribution in [0.3, 0.4) is 0 Å². The third-order valence-electron chi connectivity index (χ3n) is 5.27. The number of unbranched alkanes of at least 4 members (excludes halogenated alkanes) is 10. The maximum Gasteiger partial charge on any atom is 0.248 e. The molecule has 1 aromatic rings. The molecule has 0 spiro atoms. The average Bonchev–Trinajstić information content (AvgIpc) is 2.64. The molecule has 1 unspecified atom stereocenters. The molecule has 2 amide bonds. The Labute approximate surface area is 165 Å². The lowest BCUT2D eigenvalue weighted by Gasteiger charge is -2.18. The van der Waals surface area contributed by atoms with E-state index in [2.05, 4.69) is 6.92 Å². The van der Waals surface area contributed by atoms with Crippen LogP contribution in [-0.4, -0.2) is 11.8 Å². The number of nitrogens with two attached hydrogens (primary N) is 2. The number of primary amides is 2. The van der Waals surface area contributed by atoms with Crippen molar-refractivity contribution in [3.8, 4) is 0 Å². The van der Waals surface area contributed by atoms with Crippen LogP contribution < -0.4 is 11.5 Å². The van der Waals surface area contributed by atoms with Gasteiger partial charge in [-0.2, -0.15) is 0 Å². The molecule has 0 aromatic heterocycles. The standard InChI is InChI=1S/C23H38N2O2/c1-2-3-4-5-6-7-8-9-10-11-12-15-19(18-22(24)26)20-16-13-14-17-21(20)23(25)27/h13-14,16-17,19H,2-12,15,18H2,1H3,(H2,24,26)(H2,25,27). The molecule has 0 aliphatic heterocycles. The van der Waals surface area contributed by atoms with Crippen LogP contribution in [0.4, 0.5) is 0 Å². The highest BCUT2D eigenvalue weighted by Crippen LogP contribution is 2.29. The molecule has 4 N–H and O–H groups in total. The lowest BCUT2D eigenvalue weighted by Crippen LogP contribution is -2.19. The van der Waals surface area contributed by atoms with Gasteiger partial charge in [-0.05, 0) is 24.0 Å². The van der Waals surface area contributed by atoms with Gasteiger partial charge in [-0.25, -0.2) is 0 Å². The minimum Gasteiger partial charge on any atom is -0.370 e. The Hall–Kier alpha value is -1.84. The van der Waals surface area contributed by atoms with Gasteiger partial charge in [0, 0.05) is 12.0 Å². The van der Waals surface area contributed by atoms with Gasteiger partial charge in [-0.15, -0.1) is 0 Å². The van der Waals surface area contributed by atoms with Crippen molar-refractivity contribution in [2.24, 2.45) is 11.5 Å². The van der Waals surface area contributed by atoms with Gasteiger partial charge in [0.05, 0.1) is 0 Å². The molecule has 0 radical (unpaired) electrons. The van der Waals surface area contributed by atoms with Crippen LogP contribution in [0.1, 0.15) is 112 Å². The third-order valence-corrected chi connectivity index (χ3v) is 5.27. The highest BCUT2D eigenvalue weighted by atomic mass is 16.1. The van der Waals surface area contributed by atoms with Crippen molar-refractivity contribution in [1.29, 1.82) is 0 Å². The second-order valence-electron chi connectivity index (χ2n) is 7.64. The van der Waals surface area contributed by atoms with E-state index in [1.165, 1.54) is 57.8 Å². The smallest absolute Gasteiger partial charge is 0.248 e. The molecule has 0 saturated carbocycles. The van der Waals surface area contributed by atoms with Crippen LogP contribution in [0.5, 0.6) is 0 Å². The Morgan fingerprint density at radius 2 is 1.33 bits per heavy atom. The van der Waals surface area contributed by atoms with Crippen LogP contribution in [0.25, 0.3) is 0 Å². The predicted molar refractivity (Wildman–Crippen MR) is 113 cm³/mol. The molecule has 0 fully saturated rings. The van der Waals surface area contributed by atoms with Gasteiger partial charge in [0.25, 0.3) is 0 Å². The number of carbonyl (C=O) groups is 2. The first-order valence-corrected chi connectivity index (χ1v) is 10.7. The Kier molecular flexibility index (Phi) is 12.2. The van der Waals surface area contributed by atoms with Crippen LogP contribution in [-0.2, 0) is 4.79 Å². The zero-order valence-electron chi connectivity index (χ0n) is 17.1. The summed E-state index contributed by atoms with van der Waals surface area (Å²) in [5.74, 6) is -0.800. The first kappa shape index (κ1) is 23.2. The Morgan fingerprint density at radius 3 is 1.85 bits per heavy atom. The zero-order valence-corrected chi connectivity index (χ0v) is 17.1. The van der Waals surface area contributed by atoms with E-state index in [1.807, 2.05) is 12.1 Å². The van der Waals surface area contributed by atoms with Crippen molar-refractivity contribution in [2.45, 2.75) is 96.3 Å². The molecule has 0 aliphatic rings. The molecule has 1 aromatic carbocycles. The molecule has 0 aliphatic carbocycles. The maximum atomic E-state index is 11.7. The van der Waals surface area contributed by atoms with E-state index in [0.29, 0.717) is 5.56 Å². The average molecular weight is 375 g/mol. The first-order chi connectivity index (χ1) is 13.1. The second-order valence-corrected chi connectivity index (χ2v) is 7.64. The summed E-state index contributed by atoms with van der Waals surface area (Å²) in [6.45, 7) is 2.25. The summed E-state index contributed by atoms with van der Waals surface area (Å²) < 4.78 is 0. The highest BCUT2D eigenvalue weighted by molar-refractivity contribution is 5.94. The van der Waals surface area contributed by atoms with Crippen LogP contribution in [0.2, 0.25) is 0 Å². The number of hydrogen-bond acceptors (Lipinski definition) is 2. The van der Waals surface area contributed by atoms with E-state index in [0.717, 1.165) is 24.8 Å². The minimum absolute atomic E-state index is 0.0234.